The first-order valence-electron chi connectivity index (χ1n) is 6.56. The Morgan fingerprint density at radius 1 is 1.58 bits per heavy atom. The smallest absolute Gasteiger partial charge is 0.220 e. The highest BCUT2D eigenvalue weighted by Gasteiger charge is 2.35. The van der Waals surface area contributed by atoms with Crippen LogP contribution in [0.2, 0.25) is 0 Å². The summed E-state index contributed by atoms with van der Waals surface area (Å²) < 4.78 is 31.4. The largest absolute Gasteiger partial charge is 0.361 e. The number of hydrogen-bond donors (Lipinski definition) is 1. The summed E-state index contributed by atoms with van der Waals surface area (Å²) >= 11 is 0. The van der Waals surface area contributed by atoms with Gasteiger partial charge in [-0.05, 0) is 25.7 Å². The first-order valence-corrected chi connectivity index (χ1v) is 8.16. The van der Waals surface area contributed by atoms with Crippen LogP contribution in [-0.2, 0) is 15.8 Å². The molecule has 0 radical (unpaired) electrons. The van der Waals surface area contributed by atoms with E-state index in [0.717, 1.165) is 12.8 Å². The van der Waals surface area contributed by atoms with Gasteiger partial charge in [0.1, 0.15) is 17.2 Å². The Hall–Kier alpha value is -0.920. The normalized spacial score (nSPS) is 25.6. The number of aromatic nitrogens is 1. The van der Waals surface area contributed by atoms with E-state index in [9.17, 15) is 8.42 Å². The molecule has 2 heterocycles. The van der Waals surface area contributed by atoms with Crippen LogP contribution >= 0.6 is 0 Å². The van der Waals surface area contributed by atoms with Crippen molar-refractivity contribution in [3.63, 3.8) is 0 Å². The van der Waals surface area contributed by atoms with Gasteiger partial charge in [-0.2, -0.15) is 4.31 Å². The van der Waals surface area contributed by atoms with Gasteiger partial charge in [-0.3, -0.25) is 0 Å². The average molecular weight is 287 g/mol. The third-order valence-corrected chi connectivity index (χ3v) is 5.50. The van der Waals surface area contributed by atoms with Crippen LogP contribution in [0.5, 0.6) is 0 Å². The van der Waals surface area contributed by atoms with Gasteiger partial charge in [0.2, 0.25) is 10.0 Å². The van der Waals surface area contributed by atoms with Crippen LogP contribution in [0.3, 0.4) is 0 Å². The van der Waals surface area contributed by atoms with Gasteiger partial charge in [0, 0.05) is 25.2 Å². The lowest BCUT2D eigenvalue weighted by atomic mass is 9.93. The van der Waals surface area contributed by atoms with Crippen molar-refractivity contribution in [3.8, 4) is 0 Å². The van der Waals surface area contributed by atoms with Gasteiger partial charge in [-0.15, -0.1) is 0 Å². The second-order valence-electron chi connectivity index (χ2n) is 5.22. The molecule has 0 bridgehead atoms. The molecule has 108 valence electrons. The van der Waals surface area contributed by atoms with Crippen LogP contribution in [0.1, 0.15) is 31.2 Å². The molecule has 6 nitrogen and oxygen atoms in total. The molecule has 1 aromatic heterocycles. The molecule has 19 heavy (non-hydrogen) atoms. The summed E-state index contributed by atoms with van der Waals surface area (Å²) in [6.45, 7) is 4.71. The number of nitrogens with two attached hydrogens (primary N) is 1. The predicted molar refractivity (Wildman–Crippen MR) is 71.8 cm³/mol. The number of nitrogens with zero attached hydrogens (tertiary/aromatic N) is 2. The van der Waals surface area contributed by atoms with E-state index < -0.39 is 10.0 Å². The van der Waals surface area contributed by atoms with Crippen molar-refractivity contribution in [2.24, 2.45) is 11.7 Å². The highest BCUT2D eigenvalue weighted by atomic mass is 32.2. The van der Waals surface area contributed by atoms with Crippen molar-refractivity contribution < 1.29 is 12.9 Å². The minimum atomic E-state index is -3.39. The quantitative estimate of drug-likeness (QED) is 0.887. The van der Waals surface area contributed by atoms with Crippen LogP contribution in [0.15, 0.2) is 10.6 Å². The first kappa shape index (κ1) is 14.5. The van der Waals surface area contributed by atoms with E-state index in [1.165, 1.54) is 0 Å². The van der Waals surface area contributed by atoms with Crippen LogP contribution in [0, 0.1) is 12.8 Å². The van der Waals surface area contributed by atoms with E-state index >= 15 is 0 Å². The fourth-order valence-corrected chi connectivity index (χ4v) is 4.45. The van der Waals surface area contributed by atoms with E-state index in [-0.39, 0.29) is 11.8 Å². The molecule has 0 spiro atoms. The van der Waals surface area contributed by atoms with Crippen molar-refractivity contribution in [1.82, 2.24) is 9.46 Å². The maximum Gasteiger partial charge on any atom is 0.220 e. The maximum absolute atomic E-state index is 12.5. The van der Waals surface area contributed by atoms with Gasteiger partial charge in [0.05, 0.1) is 0 Å². The van der Waals surface area contributed by atoms with Crippen molar-refractivity contribution >= 4 is 10.0 Å². The van der Waals surface area contributed by atoms with E-state index in [0.29, 0.717) is 30.5 Å². The van der Waals surface area contributed by atoms with Crippen LogP contribution in [-0.4, -0.2) is 37.0 Å². The predicted octanol–water partition coefficient (Wildman–Crippen LogP) is 0.872. The summed E-state index contributed by atoms with van der Waals surface area (Å²) in [7, 11) is -3.39. The fraction of sp³-hybridized carbons (Fsp3) is 0.750. The summed E-state index contributed by atoms with van der Waals surface area (Å²) in [5, 5.41) is 3.75. The zero-order valence-electron chi connectivity index (χ0n) is 11.4. The molecule has 0 amide bonds. The van der Waals surface area contributed by atoms with Crippen LogP contribution < -0.4 is 5.73 Å². The molecule has 2 N–H and O–H groups in total. The molecule has 2 rings (SSSR count). The topological polar surface area (TPSA) is 89.4 Å². The minimum absolute atomic E-state index is 0.105. The van der Waals surface area contributed by atoms with Gasteiger partial charge < -0.3 is 10.3 Å². The Morgan fingerprint density at radius 3 is 2.89 bits per heavy atom. The molecule has 1 aromatic rings. The lowest BCUT2D eigenvalue weighted by Crippen LogP contribution is -2.51. The van der Waals surface area contributed by atoms with Crippen molar-refractivity contribution in [3.05, 3.63) is 17.5 Å². The monoisotopic (exact) mass is 287 g/mol. The SMILES string of the molecule is Cc1cc(CS(=O)(=O)N2CCCC(C)C2CN)no1. The first-order chi connectivity index (χ1) is 8.94. The number of sulfonamides is 1. The van der Waals surface area contributed by atoms with Gasteiger partial charge in [0.15, 0.2) is 0 Å². The van der Waals surface area contributed by atoms with E-state index in [1.54, 1.807) is 17.3 Å². The Bertz CT molecular complexity index is 526. The second kappa shape index (κ2) is 5.60. The Morgan fingerprint density at radius 2 is 2.32 bits per heavy atom. The van der Waals surface area contributed by atoms with Crippen molar-refractivity contribution in [2.45, 2.75) is 38.5 Å². The molecule has 0 saturated carbocycles. The average Bonchev–Trinajstić information content (AvgIpc) is 2.73. The minimum Gasteiger partial charge on any atom is -0.361 e. The maximum atomic E-state index is 12.5. The summed E-state index contributed by atoms with van der Waals surface area (Å²) in [4.78, 5) is 0. The molecule has 1 aliphatic rings. The number of piperidine rings is 1. The summed E-state index contributed by atoms with van der Waals surface area (Å²) in [6, 6.07) is 1.55. The molecular formula is C12H21N3O3S. The Kier molecular flexibility index (Phi) is 4.27. The summed E-state index contributed by atoms with van der Waals surface area (Å²) in [6.07, 6.45) is 1.91. The van der Waals surface area contributed by atoms with Gasteiger partial charge >= 0.3 is 0 Å². The lowest BCUT2D eigenvalue weighted by molar-refractivity contribution is 0.192. The summed E-state index contributed by atoms with van der Waals surface area (Å²) in [5.74, 6) is 0.799. The van der Waals surface area contributed by atoms with Crippen molar-refractivity contribution in [1.29, 1.82) is 0 Å². The molecule has 0 aliphatic carbocycles. The Labute approximate surface area is 114 Å². The van der Waals surface area contributed by atoms with E-state index in [4.69, 9.17) is 10.3 Å². The molecule has 1 fully saturated rings. The molecule has 2 atom stereocenters. The fourth-order valence-electron chi connectivity index (χ4n) is 2.66. The van der Waals surface area contributed by atoms with E-state index in [1.807, 2.05) is 0 Å². The number of hydrogen-bond acceptors (Lipinski definition) is 5. The standard InChI is InChI=1S/C12H21N3O3S/c1-9-4-3-5-15(12(9)7-13)19(16,17)8-11-6-10(2)18-14-11/h6,9,12H,3-5,7-8,13H2,1-2H3. The molecule has 0 aromatic carbocycles. The van der Waals surface area contributed by atoms with Crippen LogP contribution in [0.4, 0.5) is 0 Å². The van der Waals surface area contributed by atoms with E-state index in [2.05, 4.69) is 12.1 Å². The number of aryl methyl sites for hydroxylation is 1. The third-order valence-electron chi connectivity index (χ3n) is 3.67. The summed E-state index contributed by atoms with van der Waals surface area (Å²) in [5.41, 5.74) is 6.19. The zero-order chi connectivity index (χ0) is 14.0. The highest BCUT2D eigenvalue weighted by molar-refractivity contribution is 7.88. The zero-order valence-corrected chi connectivity index (χ0v) is 12.2. The number of rotatable bonds is 4. The van der Waals surface area contributed by atoms with Gasteiger partial charge in [-0.1, -0.05) is 12.1 Å². The lowest BCUT2D eigenvalue weighted by Gasteiger charge is -2.38. The molecule has 2 unspecified atom stereocenters. The second-order valence-corrected chi connectivity index (χ2v) is 7.14. The highest BCUT2D eigenvalue weighted by Crippen LogP contribution is 2.26. The van der Waals surface area contributed by atoms with Gasteiger partial charge in [-0.25, -0.2) is 8.42 Å². The van der Waals surface area contributed by atoms with Gasteiger partial charge in [0.25, 0.3) is 0 Å². The molecular weight excluding hydrogens is 266 g/mol. The van der Waals surface area contributed by atoms with Crippen LogP contribution in [0.25, 0.3) is 0 Å². The Balaban J connectivity index is 2.18. The van der Waals surface area contributed by atoms with Crippen molar-refractivity contribution in [2.75, 3.05) is 13.1 Å². The third kappa shape index (κ3) is 3.16. The molecule has 1 aliphatic heterocycles. The molecule has 7 heteroatoms. The molecule has 1 saturated heterocycles.